The fourth-order valence-corrected chi connectivity index (χ4v) is 3.13. The minimum absolute atomic E-state index is 0.00661. The number of nitrogens with zero attached hydrogens (tertiary/aromatic N) is 3. The van der Waals surface area contributed by atoms with Crippen LogP contribution in [0.1, 0.15) is 12.7 Å². The molecule has 2 heterocycles. The number of benzene rings is 2. The van der Waals surface area contributed by atoms with Gasteiger partial charge in [0.25, 0.3) is 11.6 Å². The highest BCUT2D eigenvalue weighted by molar-refractivity contribution is 6.33. The van der Waals surface area contributed by atoms with Crippen molar-refractivity contribution < 1.29 is 14.1 Å². The summed E-state index contributed by atoms with van der Waals surface area (Å²) in [6.07, 6.45) is 1.63. The van der Waals surface area contributed by atoms with E-state index in [2.05, 4.69) is 5.10 Å². The molecule has 0 saturated carbocycles. The second kappa shape index (κ2) is 7.37. The van der Waals surface area contributed by atoms with Crippen LogP contribution in [-0.2, 0) is 4.79 Å². The van der Waals surface area contributed by atoms with Gasteiger partial charge in [0.05, 0.1) is 21.9 Å². The molecular formula is C21H14ClN3O4. The molecule has 0 fully saturated rings. The van der Waals surface area contributed by atoms with Crippen molar-refractivity contribution in [1.82, 2.24) is 0 Å². The lowest BCUT2D eigenvalue weighted by atomic mass is 10.1. The van der Waals surface area contributed by atoms with Gasteiger partial charge in [0.1, 0.15) is 11.5 Å². The Labute approximate surface area is 170 Å². The molecule has 2 aromatic carbocycles. The average molecular weight is 408 g/mol. The lowest BCUT2D eigenvalue weighted by Crippen LogP contribution is -2.21. The number of hydrazone groups is 1. The Morgan fingerprint density at radius 3 is 2.59 bits per heavy atom. The van der Waals surface area contributed by atoms with Gasteiger partial charge in [0.15, 0.2) is 0 Å². The number of non-ortho nitro benzene ring substituents is 1. The van der Waals surface area contributed by atoms with Crippen LogP contribution in [0.5, 0.6) is 0 Å². The van der Waals surface area contributed by atoms with Crippen LogP contribution >= 0.6 is 11.6 Å². The van der Waals surface area contributed by atoms with Crippen molar-refractivity contribution in [3.8, 4) is 11.3 Å². The monoisotopic (exact) mass is 407 g/mol. The molecule has 0 saturated heterocycles. The first-order valence-corrected chi connectivity index (χ1v) is 9.02. The molecule has 144 valence electrons. The number of carbonyl (C=O) groups is 1. The van der Waals surface area contributed by atoms with Crippen molar-refractivity contribution in [2.75, 3.05) is 5.01 Å². The first-order chi connectivity index (χ1) is 13.9. The van der Waals surface area contributed by atoms with Crippen molar-refractivity contribution in [2.24, 2.45) is 5.10 Å². The Balaban J connectivity index is 1.59. The quantitative estimate of drug-likeness (QED) is 0.333. The molecule has 0 unspecified atom stereocenters. The SMILES string of the molecule is CC1=NN(c2cccc(Cl)c2)C(=O)/C1=C/c1ccc(-c2ccc([N+](=O)[O-])cc2)o1. The summed E-state index contributed by atoms with van der Waals surface area (Å²) in [5.74, 6) is 0.737. The van der Waals surface area contributed by atoms with Crippen LogP contribution in [-0.4, -0.2) is 16.5 Å². The molecule has 4 rings (SSSR count). The van der Waals surface area contributed by atoms with E-state index in [1.165, 1.54) is 17.1 Å². The Hall–Kier alpha value is -3.71. The number of furan rings is 1. The van der Waals surface area contributed by atoms with E-state index < -0.39 is 4.92 Å². The summed E-state index contributed by atoms with van der Waals surface area (Å²) in [4.78, 5) is 23.1. The molecule has 1 amide bonds. The van der Waals surface area contributed by atoms with Crippen molar-refractivity contribution >= 4 is 40.7 Å². The Kier molecular flexibility index (Phi) is 4.74. The van der Waals surface area contributed by atoms with Gasteiger partial charge in [-0.1, -0.05) is 17.7 Å². The summed E-state index contributed by atoms with van der Waals surface area (Å²) in [5.41, 5.74) is 2.25. The molecule has 8 heteroatoms. The van der Waals surface area contributed by atoms with Crippen LogP contribution in [0.4, 0.5) is 11.4 Å². The molecule has 0 N–H and O–H groups in total. The van der Waals surface area contributed by atoms with Crippen LogP contribution < -0.4 is 5.01 Å². The predicted molar refractivity (Wildman–Crippen MR) is 111 cm³/mol. The van der Waals surface area contributed by atoms with E-state index in [9.17, 15) is 14.9 Å². The van der Waals surface area contributed by atoms with E-state index in [1.54, 1.807) is 61.5 Å². The number of hydrogen-bond acceptors (Lipinski definition) is 5. The molecule has 0 atom stereocenters. The summed E-state index contributed by atoms with van der Waals surface area (Å²) in [7, 11) is 0. The largest absolute Gasteiger partial charge is 0.457 e. The van der Waals surface area contributed by atoms with E-state index in [4.69, 9.17) is 16.0 Å². The second-order valence-electron chi connectivity index (χ2n) is 6.35. The van der Waals surface area contributed by atoms with Gasteiger partial charge in [-0.2, -0.15) is 10.1 Å². The summed E-state index contributed by atoms with van der Waals surface area (Å²) in [5, 5.41) is 16.9. The number of anilines is 1. The Morgan fingerprint density at radius 2 is 1.90 bits per heavy atom. The highest BCUT2D eigenvalue weighted by atomic mass is 35.5. The lowest BCUT2D eigenvalue weighted by Gasteiger charge is -2.11. The first-order valence-electron chi connectivity index (χ1n) is 8.64. The van der Waals surface area contributed by atoms with Crippen LogP contribution in [0.3, 0.4) is 0 Å². The minimum Gasteiger partial charge on any atom is -0.457 e. The molecule has 1 aliphatic rings. The Morgan fingerprint density at radius 1 is 1.14 bits per heavy atom. The van der Waals surface area contributed by atoms with E-state index in [1.807, 2.05) is 0 Å². The van der Waals surface area contributed by atoms with Crippen LogP contribution in [0.2, 0.25) is 5.02 Å². The summed E-state index contributed by atoms with van der Waals surface area (Å²) in [6.45, 7) is 1.74. The van der Waals surface area contributed by atoms with Gasteiger partial charge >= 0.3 is 0 Å². The summed E-state index contributed by atoms with van der Waals surface area (Å²) < 4.78 is 5.80. The molecule has 0 aliphatic carbocycles. The van der Waals surface area contributed by atoms with E-state index in [-0.39, 0.29) is 11.6 Å². The molecule has 29 heavy (non-hydrogen) atoms. The molecule has 0 spiro atoms. The third-order valence-electron chi connectivity index (χ3n) is 4.39. The first kappa shape index (κ1) is 18.6. The molecule has 3 aromatic rings. The third-order valence-corrected chi connectivity index (χ3v) is 4.63. The Bertz CT molecular complexity index is 1180. The molecule has 0 bridgehead atoms. The summed E-state index contributed by atoms with van der Waals surface area (Å²) in [6, 6.07) is 16.4. The van der Waals surface area contributed by atoms with E-state index >= 15 is 0 Å². The standard InChI is InChI=1S/C21H14ClN3O4/c1-13-19(21(26)24(23-13)17-4-2-3-15(22)11-17)12-18-9-10-20(29-18)14-5-7-16(8-6-14)25(27)28/h2-12H,1H3/b19-12+. The van der Waals surface area contributed by atoms with Crippen molar-refractivity contribution in [2.45, 2.75) is 6.92 Å². The third kappa shape index (κ3) is 3.68. The zero-order valence-electron chi connectivity index (χ0n) is 15.2. The fourth-order valence-electron chi connectivity index (χ4n) is 2.94. The fraction of sp³-hybridized carbons (Fsp3) is 0.0476. The van der Waals surface area contributed by atoms with Gasteiger partial charge in [0, 0.05) is 22.7 Å². The molecule has 1 aliphatic heterocycles. The topological polar surface area (TPSA) is 89.0 Å². The second-order valence-corrected chi connectivity index (χ2v) is 6.78. The van der Waals surface area contributed by atoms with Crippen LogP contribution in [0.15, 0.2) is 75.8 Å². The number of halogens is 1. The maximum atomic E-state index is 12.8. The van der Waals surface area contributed by atoms with Crippen molar-refractivity contribution in [1.29, 1.82) is 0 Å². The van der Waals surface area contributed by atoms with E-state index in [0.717, 1.165) is 0 Å². The molecule has 0 radical (unpaired) electrons. The number of hydrogen-bond donors (Lipinski definition) is 0. The maximum absolute atomic E-state index is 12.8. The molecule has 7 nitrogen and oxygen atoms in total. The number of rotatable bonds is 4. The smallest absolute Gasteiger partial charge is 0.280 e. The lowest BCUT2D eigenvalue weighted by molar-refractivity contribution is -0.384. The van der Waals surface area contributed by atoms with Crippen molar-refractivity contribution in [3.63, 3.8) is 0 Å². The van der Waals surface area contributed by atoms with Gasteiger partial charge in [-0.05, 0) is 55.5 Å². The maximum Gasteiger partial charge on any atom is 0.280 e. The normalized spacial score (nSPS) is 15.1. The number of nitro benzene ring substituents is 1. The zero-order valence-corrected chi connectivity index (χ0v) is 16.0. The number of amides is 1. The minimum atomic E-state index is -0.457. The number of carbonyl (C=O) groups excluding carboxylic acids is 1. The molecule has 1 aromatic heterocycles. The van der Waals surface area contributed by atoms with Gasteiger partial charge in [-0.15, -0.1) is 0 Å². The van der Waals surface area contributed by atoms with Crippen molar-refractivity contribution in [3.05, 3.63) is 87.1 Å². The highest BCUT2D eigenvalue weighted by Crippen LogP contribution is 2.29. The van der Waals surface area contributed by atoms with Gasteiger partial charge in [0.2, 0.25) is 0 Å². The zero-order chi connectivity index (χ0) is 20.5. The van der Waals surface area contributed by atoms with Crippen LogP contribution in [0, 0.1) is 10.1 Å². The van der Waals surface area contributed by atoms with Gasteiger partial charge in [-0.25, -0.2) is 0 Å². The van der Waals surface area contributed by atoms with Gasteiger partial charge in [-0.3, -0.25) is 14.9 Å². The summed E-state index contributed by atoms with van der Waals surface area (Å²) >= 11 is 6.01. The number of nitro groups is 1. The average Bonchev–Trinajstić information content (AvgIpc) is 3.28. The van der Waals surface area contributed by atoms with Crippen LogP contribution in [0.25, 0.3) is 17.4 Å². The van der Waals surface area contributed by atoms with Gasteiger partial charge < -0.3 is 4.42 Å². The molecular weight excluding hydrogens is 394 g/mol. The van der Waals surface area contributed by atoms with E-state index in [0.29, 0.717) is 39.1 Å². The highest BCUT2D eigenvalue weighted by Gasteiger charge is 2.29. The predicted octanol–water partition coefficient (Wildman–Crippen LogP) is 5.31.